The lowest BCUT2D eigenvalue weighted by Crippen LogP contribution is -2.44. The molecule has 0 bridgehead atoms. The van der Waals surface area contributed by atoms with Gasteiger partial charge in [0.1, 0.15) is 11.5 Å². The Morgan fingerprint density at radius 1 is 0.812 bits per heavy atom. The Labute approximate surface area is 188 Å². The van der Waals surface area contributed by atoms with E-state index in [1.54, 1.807) is 30.3 Å². The highest BCUT2D eigenvalue weighted by Crippen LogP contribution is 2.30. The lowest BCUT2D eigenvalue weighted by atomic mass is 9.86. The number of hydrogen-bond acceptors (Lipinski definition) is 5. The molecule has 8 heteroatoms. The summed E-state index contributed by atoms with van der Waals surface area (Å²) in [5.41, 5.74) is 6.04. The van der Waals surface area contributed by atoms with Gasteiger partial charge in [0.2, 0.25) is 11.8 Å². The molecule has 0 aliphatic carbocycles. The first-order chi connectivity index (χ1) is 15.2. The molecule has 3 N–H and O–H groups in total. The van der Waals surface area contributed by atoms with Crippen LogP contribution in [0.5, 0.6) is 11.5 Å². The fourth-order valence-corrected chi connectivity index (χ4v) is 2.85. The van der Waals surface area contributed by atoms with E-state index in [4.69, 9.17) is 9.47 Å². The van der Waals surface area contributed by atoms with Gasteiger partial charge >= 0.3 is 0 Å². The van der Waals surface area contributed by atoms with Crippen LogP contribution < -0.4 is 25.6 Å². The van der Waals surface area contributed by atoms with Gasteiger partial charge in [-0.1, -0.05) is 39.0 Å². The predicted molar refractivity (Wildman–Crippen MR) is 122 cm³/mol. The SMILES string of the molecule is CCOc1ccc(NC(=O)CCC(=O)NNC(=O)COc2ccccc2C(C)(C)C)cc1. The molecule has 2 aromatic rings. The zero-order valence-corrected chi connectivity index (χ0v) is 19.0. The molecule has 2 aromatic carbocycles. The van der Waals surface area contributed by atoms with Gasteiger partial charge < -0.3 is 14.8 Å². The van der Waals surface area contributed by atoms with Gasteiger partial charge in [-0.25, -0.2) is 0 Å². The van der Waals surface area contributed by atoms with Crippen LogP contribution in [0.15, 0.2) is 48.5 Å². The number of nitrogens with one attached hydrogen (secondary N) is 3. The number of benzene rings is 2. The number of carbonyl (C=O) groups excluding carboxylic acids is 3. The predicted octanol–water partition coefficient (Wildman–Crippen LogP) is 3.33. The summed E-state index contributed by atoms with van der Waals surface area (Å²) in [5, 5.41) is 2.71. The minimum atomic E-state index is -0.499. The van der Waals surface area contributed by atoms with E-state index in [-0.39, 0.29) is 30.8 Å². The number of amides is 3. The Morgan fingerprint density at radius 3 is 2.09 bits per heavy atom. The summed E-state index contributed by atoms with van der Waals surface area (Å²) in [5.74, 6) is 0.0490. The monoisotopic (exact) mass is 441 g/mol. The Balaban J connectivity index is 1.69. The fourth-order valence-electron chi connectivity index (χ4n) is 2.85. The summed E-state index contributed by atoms with van der Waals surface area (Å²) in [7, 11) is 0. The van der Waals surface area contributed by atoms with E-state index in [1.165, 1.54) is 0 Å². The van der Waals surface area contributed by atoms with Crippen LogP contribution in [-0.2, 0) is 19.8 Å². The standard InChI is InChI=1S/C24H31N3O5/c1-5-31-18-12-10-17(11-13-18)25-21(28)14-15-22(29)26-27-23(30)16-32-20-9-7-6-8-19(20)24(2,3)4/h6-13H,5,14-16H2,1-4H3,(H,25,28)(H,26,29)(H,27,30). The van der Waals surface area contributed by atoms with E-state index < -0.39 is 11.8 Å². The van der Waals surface area contributed by atoms with Crippen molar-refractivity contribution in [1.29, 1.82) is 0 Å². The third kappa shape index (κ3) is 8.29. The summed E-state index contributed by atoms with van der Waals surface area (Å²) in [6.45, 7) is 8.38. The zero-order chi connectivity index (χ0) is 23.6. The van der Waals surface area contributed by atoms with Crippen molar-refractivity contribution in [3.8, 4) is 11.5 Å². The highest BCUT2D eigenvalue weighted by Gasteiger charge is 2.19. The molecule has 0 aliphatic rings. The number of para-hydroxylation sites is 1. The largest absolute Gasteiger partial charge is 0.494 e. The highest BCUT2D eigenvalue weighted by atomic mass is 16.5. The Hall–Kier alpha value is -3.55. The molecule has 0 unspecified atom stereocenters. The number of ether oxygens (including phenoxy) is 2. The Morgan fingerprint density at radius 2 is 1.44 bits per heavy atom. The number of anilines is 1. The second kappa shape index (κ2) is 11.7. The second-order valence-electron chi connectivity index (χ2n) is 8.14. The number of hydrazine groups is 1. The van der Waals surface area contributed by atoms with Crippen LogP contribution in [0.4, 0.5) is 5.69 Å². The summed E-state index contributed by atoms with van der Waals surface area (Å²) in [6, 6.07) is 14.5. The minimum Gasteiger partial charge on any atom is -0.494 e. The molecule has 3 amide bonds. The highest BCUT2D eigenvalue weighted by molar-refractivity contribution is 5.93. The fraction of sp³-hybridized carbons (Fsp3) is 0.375. The maximum absolute atomic E-state index is 12.0. The Kier molecular flexibility index (Phi) is 9.07. The average Bonchev–Trinajstić information content (AvgIpc) is 2.76. The first kappa shape index (κ1) is 24.7. The van der Waals surface area contributed by atoms with Gasteiger partial charge in [0.15, 0.2) is 6.61 Å². The van der Waals surface area contributed by atoms with Crippen LogP contribution in [-0.4, -0.2) is 30.9 Å². The Bertz CT molecular complexity index is 920. The van der Waals surface area contributed by atoms with Crippen molar-refractivity contribution in [2.45, 2.75) is 46.0 Å². The summed E-state index contributed by atoms with van der Waals surface area (Å²) >= 11 is 0. The quantitative estimate of drug-likeness (QED) is 0.518. The summed E-state index contributed by atoms with van der Waals surface area (Å²) in [6.07, 6.45) is -0.0960. The third-order valence-electron chi connectivity index (χ3n) is 4.42. The zero-order valence-electron chi connectivity index (χ0n) is 19.0. The van der Waals surface area contributed by atoms with E-state index in [0.717, 1.165) is 5.56 Å². The van der Waals surface area contributed by atoms with Crippen LogP contribution in [0.3, 0.4) is 0 Å². The van der Waals surface area contributed by atoms with Crippen molar-refractivity contribution in [1.82, 2.24) is 10.9 Å². The third-order valence-corrected chi connectivity index (χ3v) is 4.42. The molecule has 0 radical (unpaired) electrons. The minimum absolute atomic E-state index is 0.0234. The topological polar surface area (TPSA) is 106 Å². The molecule has 0 saturated heterocycles. The van der Waals surface area contributed by atoms with Crippen molar-refractivity contribution in [3.63, 3.8) is 0 Å². The molecule has 0 aromatic heterocycles. The van der Waals surface area contributed by atoms with Crippen LogP contribution in [0.2, 0.25) is 0 Å². The maximum atomic E-state index is 12.0. The molecule has 8 nitrogen and oxygen atoms in total. The van der Waals surface area contributed by atoms with Crippen LogP contribution in [0, 0.1) is 0 Å². The molecule has 0 aliphatic heterocycles. The molecule has 0 atom stereocenters. The molecular formula is C24H31N3O5. The molecule has 0 heterocycles. The van der Waals surface area contributed by atoms with Crippen molar-refractivity contribution in [2.75, 3.05) is 18.5 Å². The van der Waals surface area contributed by atoms with E-state index in [1.807, 2.05) is 25.1 Å². The van der Waals surface area contributed by atoms with Crippen LogP contribution in [0.25, 0.3) is 0 Å². The summed E-state index contributed by atoms with van der Waals surface area (Å²) < 4.78 is 11.0. The smallest absolute Gasteiger partial charge is 0.276 e. The average molecular weight is 442 g/mol. The van der Waals surface area contributed by atoms with E-state index in [2.05, 4.69) is 36.9 Å². The number of rotatable bonds is 9. The van der Waals surface area contributed by atoms with Crippen LogP contribution >= 0.6 is 0 Å². The molecule has 172 valence electrons. The lowest BCUT2D eigenvalue weighted by molar-refractivity contribution is -0.130. The van der Waals surface area contributed by atoms with E-state index in [9.17, 15) is 14.4 Å². The number of carbonyl (C=O) groups is 3. The van der Waals surface area contributed by atoms with Crippen molar-refractivity contribution < 1.29 is 23.9 Å². The van der Waals surface area contributed by atoms with E-state index in [0.29, 0.717) is 23.8 Å². The molecule has 0 fully saturated rings. The van der Waals surface area contributed by atoms with Gasteiger partial charge in [-0.15, -0.1) is 0 Å². The van der Waals surface area contributed by atoms with Crippen molar-refractivity contribution in [2.24, 2.45) is 0 Å². The first-order valence-electron chi connectivity index (χ1n) is 10.5. The lowest BCUT2D eigenvalue weighted by Gasteiger charge is -2.22. The molecular weight excluding hydrogens is 410 g/mol. The van der Waals surface area contributed by atoms with Gasteiger partial charge in [-0.05, 0) is 48.2 Å². The van der Waals surface area contributed by atoms with Gasteiger partial charge in [0, 0.05) is 18.5 Å². The molecule has 32 heavy (non-hydrogen) atoms. The van der Waals surface area contributed by atoms with Gasteiger partial charge in [-0.2, -0.15) is 0 Å². The van der Waals surface area contributed by atoms with Crippen molar-refractivity contribution >= 4 is 23.4 Å². The normalized spacial score (nSPS) is 10.8. The van der Waals surface area contributed by atoms with E-state index >= 15 is 0 Å². The van der Waals surface area contributed by atoms with Crippen molar-refractivity contribution in [3.05, 3.63) is 54.1 Å². The molecule has 0 spiro atoms. The van der Waals surface area contributed by atoms with Gasteiger partial charge in [-0.3, -0.25) is 25.2 Å². The van der Waals surface area contributed by atoms with Crippen LogP contribution in [0.1, 0.15) is 46.1 Å². The maximum Gasteiger partial charge on any atom is 0.276 e. The second-order valence-corrected chi connectivity index (χ2v) is 8.14. The van der Waals surface area contributed by atoms with Gasteiger partial charge in [0.05, 0.1) is 6.61 Å². The first-order valence-corrected chi connectivity index (χ1v) is 10.5. The summed E-state index contributed by atoms with van der Waals surface area (Å²) in [4.78, 5) is 35.9. The number of hydrogen-bond donors (Lipinski definition) is 3. The molecule has 0 saturated carbocycles. The molecule has 2 rings (SSSR count). The van der Waals surface area contributed by atoms with Gasteiger partial charge in [0.25, 0.3) is 5.91 Å².